The molecule has 0 aromatic rings. The van der Waals surface area contributed by atoms with Gasteiger partial charge in [0.1, 0.15) is 18.5 Å². The van der Waals surface area contributed by atoms with Crippen molar-refractivity contribution in [1.29, 1.82) is 0 Å². The van der Waals surface area contributed by atoms with Crippen LogP contribution in [0.2, 0.25) is 0 Å². The molecule has 0 spiro atoms. The highest BCUT2D eigenvalue weighted by molar-refractivity contribution is 5.15. The summed E-state index contributed by atoms with van der Waals surface area (Å²) in [6.45, 7) is 7.64. The molecule has 0 bridgehead atoms. The molecule has 0 amide bonds. The van der Waals surface area contributed by atoms with Crippen molar-refractivity contribution in [2.24, 2.45) is 0 Å². The van der Waals surface area contributed by atoms with Crippen molar-refractivity contribution >= 4 is 0 Å². The van der Waals surface area contributed by atoms with Crippen molar-refractivity contribution in [3.63, 3.8) is 0 Å². The maximum absolute atomic E-state index is 5.55. The standard InChI is InChI=1S/C11H18O2/c1-4-10-11(6-5-9(2)3)13-8-7-12-10/h5-6,10H,4,7-8H2,1-3H3/b11-6+. The minimum Gasteiger partial charge on any atom is -0.493 e. The van der Waals surface area contributed by atoms with E-state index in [1.807, 2.05) is 6.08 Å². The van der Waals surface area contributed by atoms with Crippen molar-refractivity contribution in [2.75, 3.05) is 13.2 Å². The van der Waals surface area contributed by atoms with Crippen LogP contribution < -0.4 is 0 Å². The molecule has 13 heavy (non-hydrogen) atoms. The van der Waals surface area contributed by atoms with Gasteiger partial charge in [0.2, 0.25) is 0 Å². The SMILES string of the molecule is CCC1OCCO/C1=C/C=C(C)C. The summed E-state index contributed by atoms with van der Waals surface area (Å²) in [4.78, 5) is 0. The van der Waals surface area contributed by atoms with Crippen molar-refractivity contribution in [3.8, 4) is 0 Å². The van der Waals surface area contributed by atoms with Crippen LogP contribution in [0.4, 0.5) is 0 Å². The fraction of sp³-hybridized carbons (Fsp3) is 0.636. The first kappa shape index (κ1) is 10.3. The van der Waals surface area contributed by atoms with E-state index in [2.05, 4.69) is 26.8 Å². The lowest BCUT2D eigenvalue weighted by atomic mass is 10.2. The first-order valence-corrected chi connectivity index (χ1v) is 4.83. The van der Waals surface area contributed by atoms with E-state index in [1.54, 1.807) is 0 Å². The van der Waals surface area contributed by atoms with Gasteiger partial charge in [-0.2, -0.15) is 0 Å². The van der Waals surface area contributed by atoms with Gasteiger partial charge in [-0.25, -0.2) is 0 Å². The highest BCUT2D eigenvalue weighted by atomic mass is 16.6. The van der Waals surface area contributed by atoms with Gasteiger partial charge in [-0.3, -0.25) is 0 Å². The zero-order valence-electron chi connectivity index (χ0n) is 8.67. The first-order chi connectivity index (χ1) is 6.24. The van der Waals surface area contributed by atoms with Crippen LogP contribution in [0.3, 0.4) is 0 Å². The topological polar surface area (TPSA) is 18.5 Å². The number of allylic oxidation sites excluding steroid dienone is 3. The number of ether oxygens (including phenoxy) is 2. The summed E-state index contributed by atoms with van der Waals surface area (Å²) < 4.78 is 11.1. The second-order valence-corrected chi connectivity index (χ2v) is 3.43. The Bertz CT molecular complexity index is 212. The molecule has 0 saturated carbocycles. The Morgan fingerprint density at radius 1 is 1.46 bits per heavy atom. The van der Waals surface area contributed by atoms with Gasteiger partial charge in [-0.1, -0.05) is 18.6 Å². The van der Waals surface area contributed by atoms with Crippen LogP contribution in [0.15, 0.2) is 23.5 Å². The van der Waals surface area contributed by atoms with E-state index < -0.39 is 0 Å². The largest absolute Gasteiger partial charge is 0.493 e. The zero-order chi connectivity index (χ0) is 9.68. The average Bonchev–Trinajstić information content (AvgIpc) is 2.15. The molecule has 0 aromatic carbocycles. The summed E-state index contributed by atoms with van der Waals surface area (Å²) in [6, 6.07) is 0. The van der Waals surface area contributed by atoms with Gasteiger partial charge < -0.3 is 9.47 Å². The Morgan fingerprint density at radius 2 is 2.23 bits per heavy atom. The normalized spacial score (nSPS) is 25.5. The fourth-order valence-corrected chi connectivity index (χ4v) is 1.25. The van der Waals surface area contributed by atoms with Gasteiger partial charge in [0.15, 0.2) is 0 Å². The van der Waals surface area contributed by atoms with E-state index in [0.29, 0.717) is 13.2 Å². The Kier molecular flexibility index (Phi) is 4.03. The van der Waals surface area contributed by atoms with E-state index in [1.165, 1.54) is 5.57 Å². The number of hydrogen-bond acceptors (Lipinski definition) is 2. The third kappa shape index (κ3) is 3.23. The summed E-state index contributed by atoms with van der Waals surface area (Å²) in [5.41, 5.74) is 1.27. The highest BCUT2D eigenvalue weighted by Crippen LogP contribution is 2.17. The molecular formula is C11H18O2. The third-order valence-corrected chi connectivity index (χ3v) is 1.94. The van der Waals surface area contributed by atoms with E-state index in [4.69, 9.17) is 9.47 Å². The molecule has 1 fully saturated rings. The molecule has 0 radical (unpaired) electrons. The molecule has 1 aliphatic heterocycles. The molecule has 1 heterocycles. The van der Waals surface area contributed by atoms with Gasteiger partial charge in [0.05, 0.1) is 6.61 Å². The molecule has 0 aliphatic carbocycles. The molecule has 2 nitrogen and oxygen atoms in total. The summed E-state index contributed by atoms with van der Waals surface area (Å²) >= 11 is 0. The average molecular weight is 182 g/mol. The van der Waals surface area contributed by atoms with Crippen LogP contribution in [0.1, 0.15) is 27.2 Å². The lowest BCUT2D eigenvalue weighted by molar-refractivity contribution is -0.0431. The Hall–Kier alpha value is -0.760. The molecule has 0 N–H and O–H groups in total. The second kappa shape index (κ2) is 5.07. The molecule has 0 aromatic heterocycles. The summed E-state index contributed by atoms with van der Waals surface area (Å²) in [6.07, 6.45) is 5.21. The van der Waals surface area contributed by atoms with Crippen molar-refractivity contribution in [3.05, 3.63) is 23.5 Å². The summed E-state index contributed by atoms with van der Waals surface area (Å²) in [5.74, 6) is 0.968. The fourth-order valence-electron chi connectivity index (χ4n) is 1.25. The summed E-state index contributed by atoms with van der Waals surface area (Å²) in [7, 11) is 0. The molecule has 1 saturated heterocycles. The van der Waals surface area contributed by atoms with Gasteiger partial charge in [0.25, 0.3) is 0 Å². The van der Waals surface area contributed by atoms with Crippen molar-refractivity contribution in [1.82, 2.24) is 0 Å². The molecule has 1 aliphatic rings. The van der Waals surface area contributed by atoms with Gasteiger partial charge >= 0.3 is 0 Å². The minimum atomic E-state index is 0.157. The quantitative estimate of drug-likeness (QED) is 0.653. The molecule has 1 atom stereocenters. The minimum absolute atomic E-state index is 0.157. The van der Waals surface area contributed by atoms with E-state index in [0.717, 1.165) is 12.2 Å². The molecule has 1 rings (SSSR count). The van der Waals surface area contributed by atoms with Crippen LogP contribution in [-0.4, -0.2) is 19.3 Å². The van der Waals surface area contributed by atoms with Gasteiger partial charge in [-0.05, 0) is 26.3 Å². The van der Waals surface area contributed by atoms with Crippen LogP contribution in [0, 0.1) is 0 Å². The molecular weight excluding hydrogens is 164 g/mol. The van der Waals surface area contributed by atoms with E-state index >= 15 is 0 Å². The molecule has 2 heteroatoms. The van der Waals surface area contributed by atoms with Crippen LogP contribution in [-0.2, 0) is 9.47 Å². The number of hydrogen-bond donors (Lipinski definition) is 0. The highest BCUT2D eigenvalue weighted by Gasteiger charge is 2.17. The molecule has 1 unspecified atom stereocenters. The van der Waals surface area contributed by atoms with Crippen LogP contribution >= 0.6 is 0 Å². The van der Waals surface area contributed by atoms with Gasteiger partial charge in [-0.15, -0.1) is 0 Å². The smallest absolute Gasteiger partial charge is 0.125 e. The third-order valence-electron chi connectivity index (χ3n) is 1.94. The Balaban J connectivity index is 2.63. The monoisotopic (exact) mass is 182 g/mol. The van der Waals surface area contributed by atoms with E-state index in [9.17, 15) is 0 Å². The number of rotatable bonds is 2. The first-order valence-electron chi connectivity index (χ1n) is 4.83. The summed E-state index contributed by atoms with van der Waals surface area (Å²) in [5, 5.41) is 0. The lowest BCUT2D eigenvalue weighted by Gasteiger charge is -2.25. The van der Waals surface area contributed by atoms with Crippen molar-refractivity contribution < 1.29 is 9.47 Å². The maximum Gasteiger partial charge on any atom is 0.125 e. The maximum atomic E-state index is 5.55. The second-order valence-electron chi connectivity index (χ2n) is 3.43. The van der Waals surface area contributed by atoms with E-state index in [-0.39, 0.29) is 6.10 Å². The van der Waals surface area contributed by atoms with Crippen LogP contribution in [0.5, 0.6) is 0 Å². The van der Waals surface area contributed by atoms with Gasteiger partial charge in [0, 0.05) is 0 Å². The van der Waals surface area contributed by atoms with Crippen LogP contribution in [0.25, 0.3) is 0 Å². The predicted octanol–water partition coefficient (Wildman–Crippen LogP) is 2.66. The zero-order valence-corrected chi connectivity index (χ0v) is 8.67. The Morgan fingerprint density at radius 3 is 2.85 bits per heavy atom. The Labute approximate surface area is 80.2 Å². The lowest BCUT2D eigenvalue weighted by Crippen LogP contribution is -2.25. The molecule has 74 valence electrons. The predicted molar refractivity (Wildman–Crippen MR) is 53.5 cm³/mol. The van der Waals surface area contributed by atoms with Crippen molar-refractivity contribution in [2.45, 2.75) is 33.3 Å².